The second-order valence-electron chi connectivity index (χ2n) is 20.6. The average molecular weight is 1130 g/mol. The summed E-state index contributed by atoms with van der Waals surface area (Å²) >= 11 is 0. The molecule has 5 N–H and O–H groups in total. The van der Waals surface area contributed by atoms with E-state index in [0.29, 0.717) is 85.8 Å². The van der Waals surface area contributed by atoms with Crippen LogP contribution in [0.25, 0.3) is 5.57 Å². The van der Waals surface area contributed by atoms with Crippen LogP contribution in [0.1, 0.15) is 112 Å². The SMILES string of the molecule is C=CC[C@@H]1C(NC(=O)[C@H](C)NC(=O)[C@@H](NC(=O)CCCCCN2C(=O)CC(NN(CC)CC)C2=O)C(C)C)N1c1cc(OCCCOc2cc3c(cc2OC)C(=O)N2C=C(c4ccc(OC)cc4)CC2C=N3)c(OC)cc1C(=O)NC=C. The Labute approximate surface area is 479 Å². The summed E-state index contributed by atoms with van der Waals surface area (Å²) in [6.07, 6.45) is 9.24. The van der Waals surface area contributed by atoms with Crippen LogP contribution in [-0.2, 0) is 24.0 Å². The number of nitrogens with one attached hydrogen (secondary N) is 5. The van der Waals surface area contributed by atoms with Gasteiger partial charge in [0.1, 0.15) is 30.0 Å². The number of carbonyl (C=O) groups excluding carboxylic acids is 7. The molecule has 22 nitrogen and oxygen atoms in total. The predicted molar refractivity (Wildman–Crippen MR) is 310 cm³/mol. The number of hydrogen-bond donors (Lipinski definition) is 5. The highest BCUT2D eigenvalue weighted by Crippen LogP contribution is 2.44. The summed E-state index contributed by atoms with van der Waals surface area (Å²) in [5, 5.41) is 13.1. The van der Waals surface area contributed by atoms with Crippen molar-refractivity contribution >= 4 is 64.5 Å². The molecule has 0 bridgehead atoms. The molecule has 3 unspecified atom stereocenters. The number of fused-ring (bicyclic) bond motifs is 2. The number of methoxy groups -OCH3 is 3. The van der Waals surface area contributed by atoms with Gasteiger partial charge < -0.3 is 54.8 Å². The monoisotopic (exact) mass is 1130 g/mol. The highest BCUT2D eigenvalue weighted by atomic mass is 16.5. The van der Waals surface area contributed by atoms with Gasteiger partial charge in [-0.25, -0.2) is 10.4 Å². The van der Waals surface area contributed by atoms with Gasteiger partial charge in [-0.3, -0.25) is 43.5 Å². The number of hydrogen-bond acceptors (Lipinski definition) is 16. The first-order valence-corrected chi connectivity index (χ1v) is 28.0. The number of rotatable bonds is 31. The third-order valence-corrected chi connectivity index (χ3v) is 14.8. The van der Waals surface area contributed by atoms with Crippen molar-refractivity contribution in [2.24, 2.45) is 10.9 Å². The molecule has 3 aromatic rings. The molecule has 2 fully saturated rings. The molecule has 4 aliphatic heterocycles. The smallest absolute Gasteiger partial charge is 0.260 e. The molecule has 0 aliphatic carbocycles. The Morgan fingerprint density at radius 2 is 1.51 bits per heavy atom. The average Bonchev–Trinajstić information content (AvgIpc) is 3.31. The zero-order valence-electron chi connectivity index (χ0n) is 48.2. The van der Waals surface area contributed by atoms with Crippen LogP contribution < -0.4 is 55.3 Å². The molecule has 6 atom stereocenters. The van der Waals surface area contributed by atoms with Crippen LogP contribution in [0.2, 0.25) is 0 Å². The minimum absolute atomic E-state index is 0.108. The molecule has 4 heterocycles. The number of nitrogens with zero attached hydrogens (tertiary/aromatic N) is 5. The normalized spacial score (nSPS) is 18.7. The summed E-state index contributed by atoms with van der Waals surface area (Å²) in [5.41, 5.74) is 6.61. The molecule has 22 heteroatoms. The second-order valence-corrected chi connectivity index (χ2v) is 20.6. The van der Waals surface area contributed by atoms with Crippen LogP contribution >= 0.6 is 0 Å². The van der Waals surface area contributed by atoms with E-state index in [0.717, 1.165) is 16.9 Å². The van der Waals surface area contributed by atoms with Crippen molar-refractivity contribution in [2.45, 2.75) is 122 Å². The lowest BCUT2D eigenvalue weighted by atomic mass is 10.0. The molecule has 0 aromatic heterocycles. The van der Waals surface area contributed by atoms with Crippen LogP contribution in [0.3, 0.4) is 0 Å². The molecular formula is C60H78N10O12. The van der Waals surface area contributed by atoms with Crippen molar-refractivity contribution < 1.29 is 57.2 Å². The summed E-state index contributed by atoms with van der Waals surface area (Å²) in [6.45, 7) is 18.6. The lowest BCUT2D eigenvalue weighted by molar-refractivity contribution is -0.139. The Bertz CT molecular complexity index is 2920. The molecule has 7 rings (SSSR count). The maximum absolute atomic E-state index is 13.9. The van der Waals surface area contributed by atoms with Crippen LogP contribution in [0.4, 0.5) is 11.4 Å². The zero-order chi connectivity index (χ0) is 59.2. The van der Waals surface area contributed by atoms with E-state index < -0.39 is 42.0 Å². The fourth-order valence-corrected chi connectivity index (χ4v) is 10.2. The molecule has 0 saturated carbocycles. The fourth-order valence-electron chi connectivity index (χ4n) is 10.2. The van der Waals surface area contributed by atoms with Gasteiger partial charge in [0.15, 0.2) is 23.0 Å². The van der Waals surface area contributed by atoms with Crippen molar-refractivity contribution in [2.75, 3.05) is 59.1 Å². The Morgan fingerprint density at radius 1 is 0.817 bits per heavy atom. The lowest BCUT2D eigenvalue weighted by Crippen LogP contribution is -2.55. The molecule has 3 aromatic carbocycles. The molecule has 440 valence electrons. The molecule has 4 aliphatic rings. The standard InChI is InChI=1S/C60H78N10O12/c1-11-19-46-55(65-56(73)37(7)63-58(75)54(36(5)6)64-52(71)20-16-15-17-25-68-53(72)32-45(60(68)77)66-67(13-3)14-4)70(46)47-33-51(49(80-10)30-43(47)57(74)61-12-2)82-27-18-26-81-50-31-44-42(29-48(50)79-9)59(76)69-35-39(28-40(69)34-62-44)38-21-23-41(78-8)24-22-38/h11-12,21-24,29-31,33-37,40,45-46,54-55,66H,1-2,13-20,25-28,32H2,3-10H3,(H,61,74)(H,63,75)(H,64,71)(H,65,73)/t37-,40?,45?,46+,54-,55?,70?/m0/s1. The van der Waals surface area contributed by atoms with Gasteiger partial charge in [0.2, 0.25) is 29.5 Å². The number of imide groups is 1. The topological polar surface area (TPSA) is 251 Å². The largest absolute Gasteiger partial charge is 0.497 e. The minimum atomic E-state index is -1.02. The molecule has 2 saturated heterocycles. The number of amides is 7. The fraction of sp³-hybridized carbons (Fsp3) is 0.467. The maximum atomic E-state index is 13.9. The summed E-state index contributed by atoms with van der Waals surface area (Å²) in [4.78, 5) is 103. The summed E-state index contributed by atoms with van der Waals surface area (Å²) < 4.78 is 29.2. The number of unbranched alkanes of at least 4 members (excludes halogenated alkanes) is 2. The highest BCUT2D eigenvalue weighted by molar-refractivity contribution is 6.06. The number of anilines is 1. The first kappa shape index (κ1) is 61.4. The Balaban J connectivity index is 0.928. The Kier molecular flexibility index (Phi) is 21.3. The van der Waals surface area contributed by atoms with Crippen molar-refractivity contribution in [3.05, 3.63) is 96.9 Å². The van der Waals surface area contributed by atoms with E-state index in [9.17, 15) is 33.6 Å². The van der Waals surface area contributed by atoms with Crippen molar-refractivity contribution in [3.63, 3.8) is 0 Å². The van der Waals surface area contributed by atoms with Gasteiger partial charge in [-0.05, 0) is 73.7 Å². The van der Waals surface area contributed by atoms with Crippen molar-refractivity contribution in [1.82, 2.24) is 41.5 Å². The zero-order valence-corrected chi connectivity index (χ0v) is 48.2. The van der Waals surface area contributed by atoms with E-state index in [1.54, 1.807) is 69.3 Å². The van der Waals surface area contributed by atoms with E-state index in [2.05, 4.69) is 39.9 Å². The highest BCUT2D eigenvalue weighted by Gasteiger charge is 2.50. The van der Waals surface area contributed by atoms with Crippen LogP contribution in [0, 0.1) is 5.92 Å². The van der Waals surface area contributed by atoms with Crippen molar-refractivity contribution in [3.8, 4) is 28.7 Å². The second kappa shape index (κ2) is 28.4. The summed E-state index contributed by atoms with van der Waals surface area (Å²) in [6, 6.07) is 11.1. The number of likely N-dealkylation sites (tertiary alicyclic amines) is 1. The van der Waals surface area contributed by atoms with E-state index in [-0.39, 0.29) is 85.5 Å². The first-order chi connectivity index (χ1) is 39.5. The van der Waals surface area contributed by atoms with Crippen molar-refractivity contribution in [1.29, 1.82) is 0 Å². The van der Waals surface area contributed by atoms with Crippen LogP contribution in [0.5, 0.6) is 28.7 Å². The van der Waals surface area contributed by atoms with E-state index in [1.807, 2.05) is 54.2 Å². The van der Waals surface area contributed by atoms with E-state index in [4.69, 9.17) is 28.7 Å². The lowest BCUT2D eigenvalue weighted by Gasteiger charge is -2.24. The predicted octanol–water partition coefficient (Wildman–Crippen LogP) is 5.79. The van der Waals surface area contributed by atoms with Crippen LogP contribution in [0.15, 0.2) is 85.2 Å². The van der Waals surface area contributed by atoms with E-state index in [1.165, 1.54) is 25.3 Å². The number of benzene rings is 3. The quantitative estimate of drug-likeness (QED) is 0.0168. The van der Waals surface area contributed by atoms with Gasteiger partial charge in [-0.2, -0.15) is 0 Å². The number of ether oxygens (including phenoxy) is 5. The van der Waals surface area contributed by atoms with Gasteiger partial charge in [0.25, 0.3) is 11.8 Å². The third-order valence-electron chi connectivity index (χ3n) is 14.8. The van der Waals surface area contributed by atoms with Gasteiger partial charge in [-0.15, -0.1) is 6.58 Å². The van der Waals surface area contributed by atoms with Gasteiger partial charge in [0.05, 0.1) is 75.5 Å². The van der Waals surface area contributed by atoms with Gasteiger partial charge in [0, 0.05) is 63.4 Å². The number of carbonyl (C=O) groups is 7. The maximum Gasteiger partial charge on any atom is 0.260 e. The molecule has 0 radical (unpaired) electrons. The van der Waals surface area contributed by atoms with Gasteiger partial charge >= 0.3 is 0 Å². The summed E-state index contributed by atoms with van der Waals surface area (Å²) in [7, 11) is 4.58. The first-order valence-electron chi connectivity index (χ1n) is 28.0. The number of aliphatic imine (C=N–C) groups is 1. The molecule has 7 amide bonds. The Morgan fingerprint density at radius 3 is 2.16 bits per heavy atom. The van der Waals surface area contributed by atoms with E-state index >= 15 is 0 Å². The third kappa shape index (κ3) is 14.6. The molecule has 0 spiro atoms. The minimum Gasteiger partial charge on any atom is -0.497 e. The molecule has 82 heavy (non-hydrogen) atoms. The van der Waals surface area contributed by atoms with Gasteiger partial charge in [-0.1, -0.05) is 58.9 Å². The number of hydrazine groups is 1. The van der Waals surface area contributed by atoms with Crippen LogP contribution in [-0.4, -0.2) is 153 Å². The Hall–Kier alpha value is -8.24. The molecular weight excluding hydrogens is 1050 g/mol. The summed E-state index contributed by atoms with van der Waals surface area (Å²) in [5.74, 6) is -0.754.